The van der Waals surface area contributed by atoms with Crippen LogP contribution in [0.4, 0.5) is 5.88 Å². The highest BCUT2D eigenvalue weighted by molar-refractivity contribution is 5.96. The first kappa shape index (κ1) is 15.6. The van der Waals surface area contributed by atoms with Crippen LogP contribution in [0.25, 0.3) is 5.57 Å². The average Bonchev–Trinajstić information content (AvgIpc) is 3.09. The van der Waals surface area contributed by atoms with Crippen molar-refractivity contribution < 1.29 is 14.4 Å². The number of hydrogen-bond acceptors (Lipinski definition) is 5. The summed E-state index contributed by atoms with van der Waals surface area (Å²) >= 11 is 0. The maximum atomic E-state index is 12.3. The number of carbonyl (C=O) groups is 1. The van der Waals surface area contributed by atoms with Gasteiger partial charge in [-0.1, -0.05) is 18.0 Å². The lowest BCUT2D eigenvalue weighted by molar-refractivity contribution is -0.121. The molecule has 116 valence electrons. The monoisotopic (exact) mass is 293 g/mol. The third-order valence-electron chi connectivity index (χ3n) is 3.83. The summed E-state index contributed by atoms with van der Waals surface area (Å²) in [5, 5.41) is 18.8. The lowest BCUT2D eigenvalue weighted by atomic mass is 10.0. The molecule has 6 nitrogen and oxygen atoms in total. The Morgan fingerprint density at radius 1 is 1.48 bits per heavy atom. The number of anilines is 1. The Hall–Kier alpha value is -1.82. The number of allylic oxidation sites excluding steroid dienone is 1. The Morgan fingerprint density at radius 2 is 2.14 bits per heavy atom. The van der Waals surface area contributed by atoms with Crippen LogP contribution in [0.15, 0.2) is 16.9 Å². The van der Waals surface area contributed by atoms with Crippen molar-refractivity contribution in [3.8, 4) is 0 Å². The molecule has 1 saturated carbocycles. The van der Waals surface area contributed by atoms with E-state index in [0.717, 1.165) is 19.1 Å². The summed E-state index contributed by atoms with van der Waals surface area (Å²) in [6.07, 6.45) is 5.61. The number of hydrogen-bond donors (Lipinski definition) is 3. The standard InChI is InChI=1S/C15H23N3O3/c1-10(9-19)12-8-13(21-18-12)16-14(20)15(2,3)17-11-6-4-5-7-11/h8-9,11,17,19H,4-7H2,1-3H3,(H,16,20)/b10-9+. The molecule has 1 aromatic rings. The van der Waals surface area contributed by atoms with Crippen LogP contribution in [0.1, 0.15) is 52.1 Å². The van der Waals surface area contributed by atoms with Gasteiger partial charge in [0.15, 0.2) is 0 Å². The van der Waals surface area contributed by atoms with E-state index in [2.05, 4.69) is 15.8 Å². The number of aliphatic hydroxyl groups is 1. The van der Waals surface area contributed by atoms with Gasteiger partial charge >= 0.3 is 0 Å². The molecule has 1 heterocycles. The molecule has 2 rings (SSSR count). The molecule has 0 radical (unpaired) electrons. The maximum absolute atomic E-state index is 12.3. The van der Waals surface area contributed by atoms with Gasteiger partial charge in [0.1, 0.15) is 5.69 Å². The fourth-order valence-electron chi connectivity index (χ4n) is 2.50. The smallest absolute Gasteiger partial charge is 0.246 e. The molecule has 0 saturated heterocycles. The normalized spacial score (nSPS) is 17.2. The first-order chi connectivity index (χ1) is 9.92. The molecule has 6 heteroatoms. The second-order valence-corrected chi connectivity index (χ2v) is 6.09. The van der Waals surface area contributed by atoms with Gasteiger partial charge in [-0.2, -0.15) is 0 Å². The highest BCUT2D eigenvalue weighted by Crippen LogP contribution is 2.22. The van der Waals surface area contributed by atoms with E-state index in [-0.39, 0.29) is 11.8 Å². The Kier molecular flexibility index (Phi) is 4.67. The molecule has 0 unspecified atom stereocenters. The van der Waals surface area contributed by atoms with Crippen LogP contribution in [0.3, 0.4) is 0 Å². The summed E-state index contributed by atoms with van der Waals surface area (Å²) < 4.78 is 5.06. The predicted molar refractivity (Wildman–Crippen MR) is 80.9 cm³/mol. The molecule has 1 fully saturated rings. The number of rotatable bonds is 5. The van der Waals surface area contributed by atoms with Crippen molar-refractivity contribution in [3.63, 3.8) is 0 Å². The van der Waals surface area contributed by atoms with Crippen LogP contribution < -0.4 is 10.6 Å². The molecule has 0 spiro atoms. The Balaban J connectivity index is 1.97. The van der Waals surface area contributed by atoms with Gasteiger partial charge in [0.2, 0.25) is 11.8 Å². The first-order valence-electron chi connectivity index (χ1n) is 7.29. The third kappa shape index (κ3) is 3.85. The largest absolute Gasteiger partial charge is 0.515 e. The molecular formula is C15H23N3O3. The topological polar surface area (TPSA) is 87.4 Å². The Bertz CT molecular complexity index is 528. The van der Waals surface area contributed by atoms with Gasteiger partial charge in [-0.15, -0.1) is 0 Å². The maximum Gasteiger partial charge on any atom is 0.246 e. The lowest BCUT2D eigenvalue weighted by Gasteiger charge is -2.28. The zero-order valence-electron chi connectivity index (χ0n) is 12.8. The zero-order chi connectivity index (χ0) is 15.5. The quantitative estimate of drug-likeness (QED) is 0.727. The molecule has 0 atom stereocenters. The van der Waals surface area contributed by atoms with Gasteiger partial charge in [0, 0.05) is 17.7 Å². The van der Waals surface area contributed by atoms with Crippen LogP contribution >= 0.6 is 0 Å². The first-order valence-corrected chi connectivity index (χ1v) is 7.29. The van der Waals surface area contributed by atoms with E-state index in [1.165, 1.54) is 12.8 Å². The van der Waals surface area contributed by atoms with Crippen molar-refractivity contribution in [2.24, 2.45) is 0 Å². The van der Waals surface area contributed by atoms with Crippen LogP contribution in [-0.4, -0.2) is 27.8 Å². The van der Waals surface area contributed by atoms with Gasteiger partial charge in [0.05, 0.1) is 11.8 Å². The summed E-state index contributed by atoms with van der Waals surface area (Å²) in [6, 6.07) is 1.99. The van der Waals surface area contributed by atoms with Crippen molar-refractivity contribution in [3.05, 3.63) is 18.0 Å². The Labute approximate surface area is 124 Å². The van der Waals surface area contributed by atoms with Crippen LogP contribution in [0.5, 0.6) is 0 Å². The van der Waals surface area contributed by atoms with Crippen molar-refractivity contribution >= 4 is 17.4 Å². The van der Waals surface area contributed by atoms with Gasteiger partial charge in [-0.25, -0.2) is 0 Å². The van der Waals surface area contributed by atoms with Crippen LogP contribution in [0.2, 0.25) is 0 Å². The lowest BCUT2D eigenvalue weighted by Crippen LogP contribution is -2.53. The minimum atomic E-state index is -0.677. The summed E-state index contributed by atoms with van der Waals surface area (Å²) in [5.74, 6) is 0.111. The fraction of sp³-hybridized carbons (Fsp3) is 0.600. The SMILES string of the molecule is C/C(=C\O)c1cc(NC(=O)C(C)(C)NC2CCCC2)on1. The van der Waals surface area contributed by atoms with Gasteiger partial charge < -0.3 is 14.9 Å². The van der Waals surface area contributed by atoms with E-state index in [9.17, 15) is 4.79 Å². The second-order valence-electron chi connectivity index (χ2n) is 6.09. The third-order valence-corrected chi connectivity index (χ3v) is 3.83. The molecule has 3 N–H and O–H groups in total. The van der Waals surface area contributed by atoms with E-state index in [1.54, 1.807) is 13.0 Å². The van der Waals surface area contributed by atoms with Gasteiger partial charge in [0.25, 0.3) is 0 Å². The van der Waals surface area contributed by atoms with Crippen molar-refractivity contribution in [1.82, 2.24) is 10.5 Å². The Morgan fingerprint density at radius 3 is 2.76 bits per heavy atom. The molecule has 1 aliphatic carbocycles. The molecule has 0 aromatic carbocycles. The minimum absolute atomic E-state index is 0.164. The number of nitrogens with zero attached hydrogens (tertiary/aromatic N) is 1. The average molecular weight is 293 g/mol. The highest BCUT2D eigenvalue weighted by atomic mass is 16.5. The van der Waals surface area contributed by atoms with Crippen molar-refractivity contribution in [2.75, 3.05) is 5.32 Å². The number of carbonyl (C=O) groups excluding carboxylic acids is 1. The van der Waals surface area contributed by atoms with Crippen LogP contribution in [-0.2, 0) is 4.79 Å². The number of aliphatic hydroxyl groups excluding tert-OH is 1. The molecule has 1 aromatic heterocycles. The number of aromatic nitrogens is 1. The molecule has 21 heavy (non-hydrogen) atoms. The van der Waals surface area contributed by atoms with E-state index < -0.39 is 5.54 Å². The fourth-order valence-corrected chi connectivity index (χ4v) is 2.50. The number of amides is 1. The predicted octanol–water partition coefficient (Wildman–Crippen LogP) is 2.84. The van der Waals surface area contributed by atoms with Gasteiger partial charge in [-0.05, 0) is 33.6 Å². The zero-order valence-corrected chi connectivity index (χ0v) is 12.8. The molecule has 0 aliphatic heterocycles. The molecular weight excluding hydrogens is 270 g/mol. The highest BCUT2D eigenvalue weighted by Gasteiger charge is 2.31. The van der Waals surface area contributed by atoms with Gasteiger partial charge in [-0.3, -0.25) is 10.1 Å². The molecule has 1 aliphatic rings. The van der Waals surface area contributed by atoms with E-state index >= 15 is 0 Å². The van der Waals surface area contributed by atoms with Crippen LogP contribution in [0, 0.1) is 0 Å². The van der Waals surface area contributed by atoms with E-state index in [4.69, 9.17) is 9.63 Å². The summed E-state index contributed by atoms with van der Waals surface area (Å²) in [7, 11) is 0. The van der Waals surface area contributed by atoms with Crippen molar-refractivity contribution in [2.45, 2.75) is 58.0 Å². The van der Waals surface area contributed by atoms with E-state index in [1.807, 2.05) is 13.8 Å². The molecule has 0 bridgehead atoms. The second kappa shape index (κ2) is 6.30. The summed E-state index contributed by atoms with van der Waals surface area (Å²) in [4.78, 5) is 12.3. The van der Waals surface area contributed by atoms with E-state index in [0.29, 0.717) is 17.3 Å². The minimum Gasteiger partial charge on any atom is -0.515 e. The summed E-state index contributed by atoms with van der Waals surface area (Å²) in [5.41, 5.74) is 0.390. The summed E-state index contributed by atoms with van der Waals surface area (Å²) in [6.45, 7) is 5.42. The molecule has 1 amide bonds. The van der Waals surface area contributed by atoms with Crippen molar-refractivity contribution in [1.29, 1.82) is 0 Å². The number of nitrogens with one attached hydrogen (secondary N) is 2.